The number of nitrogens with zero attached hydrogens (tertiary/aromatic N) is 1. The van der Waals surface area contributed by atoms with Crippen LogP contribution in [0.15, 0.2) is 48.5 Å². The number of hydrogen-bond acceptors (Lipinski definition) is 3. The summed E-state index contributed by atoms with van der Waals surface area (Å²) in [7, 11) is 1.93. The van der Waals surface area contributed by atoms with Crippen molar-refractivity contribution in [1.82, 2.24) is 4.90 Å². The van der Waals surface area contributed by atoms with Gasteiger partial charge >= 0.3 is 0 Å². The van der Waals surface area contributed by atoms with Crippen LogP contribution in [0.1, 0.15) is 11.1 Å². The van der Waals surface area contributed by atoms with Gasteiger partial charge in [-0.05, 0) is 43.3 Å². The highest BCUT2D eigenvalue weighted by atomic mass is 16.2. The molecule has 2 aromatic carbocycles. The molecular formula is C17H21N3O. The van der Waals surface area contributed by atoms with E-state index in [1.807, 2.05) is 49.2 Å². The van der Waals surface area contributed by atoms with Gasteiger partial charge in [0.25, 0.3) is 0 Å². The number of carbonyl (C=O) groups excluding carboxylic acids is 1. The van der Waals surface area contributed by atoms with E-state index in [1.165, 1.54) is 5.56 Å². The van der Waals surface area contributed by atoms with Crippen molar-refractivity contribution in [2.75, 3.05) is 24.6 Å². The van der Waals surface area contributed by atoms with Crippen LogP contribution < -0.4 is 11.1 Å². The van der Waals surface area contributed by atoms with Gasteiger partial charge in [0, 0.05) is 17.9 Å². The smallest absolute Gasteiger partial charge is 0.238 e. The highest BCUT2D eigenvalue weighted by Gasteiger charge is 2.08. The second-order valence-electron chi connectivity index (χ2n) is 5.28. The van der Waals surface area contributed by atoms with Gasteiger partial charge in [-0.2, -0.15) is 0 Å². The van der Waals surface area contributed by atoms with Crippen LogP contribution in [0.3, 0.4) is 0 Å². The molecule has 1 amide bonds. The van der Waals surface area contributed by atoms with E-state index in [0.717, 1.165) is 17.8 Å². The Kier molecular flexibility index (Phi) is 4.95. The van der Waals surface area contributed by atoms with E-state index < -0.39 is 0 Å². The summed E-state index contributed by atoms with van der Waals surface area (Å²) >= 11 is 0. The Labute approximate surface area is 125 Å². The topological polar surface area (TPSA) is 58.4 Å². The average molecular weight is 283 g/mol. The van der Waals surface area contributed by atoms with Crippen molar-refractivity contribution in [3.63, 3.8) is 0 Å². The maximum absolute atomic E-state index is 12.1. The first-order chi connectivity index (χ1) is 10.0. The molecule has 0 bridgehead atoms. The van der Waals surface area contributed by atoms with Gasteiger partial charge in [-0.3, -0.25) is 9.69 Å². The number of nitrogens with one attached hydrogen (secondary N) is 1. The molecule has 3 N–H and O–H groups in total. The quantitative estimate of drug-likeness (QED) is 0.829. The third-order valence-electron chi connectivity index (χ3n) is 3.23. The first-order valence-corrected chi connectivity index (χ1v) is 6.93. The SMILES string of the molecule is Cc1cc(N)ccc1NC(=O)CN(C)Cc1ccccc1. The lowest BCUT2D eigenvalue weighted by molar-refractivity contribution is -0.117. The van der Waals surface area contributed by atoms with Gasteiger partial charge in [0.1, 0.15) is 0 Å². The fourth-order valence-electron chi connectivity index (χ4n) is 2.21. The molecule has 0 aromatic heterocycles. The standard InChI is InChI=1S/C17H21N3O/c1-13-10-15(18)8-9-16(13)19-17(21)12-20(2)11-14-6-4-3-5-7-14/h3-10H,11-12,18H2,1-2H3,(H,19,21). The number of carbonyl (C=O) groups is 1. The summed E-state index contributed by atoms with van der Waals surface area (Å²) in [6.07, 6.45) is 0. The number of likely N-dealkylation sites (N-methyl/N-ethyl adjacent to an activating group) is 1. The highest BCUT2D eigenvalue weighted by Crippen LogP contribution is 2.17. The molecule has 2 aromatic rings. The van der Waals surface area contributed by atoms with E-state index in [4.69, 9.17) is 5.73 Å². The fourth-order valence-corrected chi connectivity index (χ4v) is 2.21. The normalized spacial score (nSPS) is 10.6. The highest BCUT2D eigenvalue weighted by molar-refractivity contribution is 5.93. The van der Waals surface area contributed by atoms with Crippen molar-refractivity contribution in [3.05, 3.63) is 59.7 Å². The van der Waals surface area contributed by atoms with Gasteiger partial charge in [-0.15, -0.1) is 0 Å². The number of anilines is 2. The first-order valence-electron chi connectivity index (χ1n) is 6.93. The van der Waals surface area contributed by atoms with Crippen LogP contribution in [-0.4, -0.2) is 24.4 Å². The molecule has 0 saturated heterocycles. The number of benzene rings is 2. The molecule has 0 atom stereocenters. The molecule has 0 aliphatic rings. The summed E-state index contributed by atoms with van der Waals surface area (Å²) < 4.78 is 0. The number of nitrogen functional groups attached to an aromatic ring is 1. The molecule has 21 heavy (non-hydrogen) atoms. The van der Waals surface area contributed by atoms with Crippen molar-refractivity contribution in [3.8, 4) is 0 Å². The molecule has 0 saturated carbocycles. The van der Waals surface area contributed by atoms with Crippen molar-refractivity contribution in [2.24, 2.45) is 0 Å². The van der Waals surface area contributed by atoms with Crippen LogP contribution in [0.2, 0.25) is 0 Å². The predicted molar refractivity (Wildman–Crippen MR) is 87.0 cm³/mol. The molecule has 0 aliphatic heterocycles. The van der Waals surface area contributed by atoms with Crippen molar-refractivity contribution in [2.45, 2.75) is 13.5 Å². The van der Waals surface area contributed by atoms with Gasteiger partial charge < -0.3 is 11.1 Å². The Hall–Kier alpha value is -2.33. The average Bonchev–Trinajstić information content (AvgIpc) is 2.43. The minimum atomic E-state index is -0.0266. The Morgan fingerprint density at radius 2 is 1.90 bits per heavy atom. The molecule has 0 aliphatic carbocycles. The van der Waals surface area contributed by atoms with Gasteiger partial charge in [0.05, 0.1) is 6.54 Å². The third-order valence-corrected chi connectivity index (χ3v) is 3.23. The molecule has 4 heteroatoms. The second-order valence-corrected chi connectivity index (χ2v) is 5.28. The fraction of sp³-hybridized carbons (Fsp3) is 0.235. The van der Waals surface area contributed by atoms with E-state index in [-0.39, 0.29) is 5.91 Å². The molecule has 110 valence electrons. The molecule has 0 radical (unpaired) electrons. The van der Waals surface area contributed by atoms with E-state index in [0.29, 0.717) is 12.2 Å². The van der Waals surface area contributed by atoms with Crippen molar-refractivity contribution < 1.29 is 4.79 Å². The Bertz CT molecular complexity index is 611. The van der Waals surface area contributed by atoms with Gasteiger partial charge in [-0.25, -0.2) is 0 Å². The van der Waals surface area contributed by atoms with E-state index in [2.05, 4.69) is 17.4 Å². The minimum Gasteiger partial charge on any atom is -0.399 e. The van der Waals surface area contributed by atoms with Crippen LogP contribution in [0, 0.1) is 6.92 Å². The number of nitrogens with two attached hydrogens (primary N) is 1. The summed E-state index contributed by atoms with van der Waals surface area (Å²) in [5.41, 5.74) is 9.37. The first kappa shape index (κ1) is 15.1. The molecule has 4 nitrogen and oxygen atoms in total. The summed E-state index contributed by atoms with van der Waals surface area (Å²) in [6, 6.07) is 15.6. The maximum Gasteiger partial charge on any atom is 0.238 e. The Balaban J connectivity index is 1.89. The van der Waals surface area contributed by atoms with Gasteiger partial charge in [0.15, 0.2) is 0 Å². The molecule has 0 fully saturated rings. The third kappa shape index (κ3) is 4.61. The second kappa shape index (κ2) is 6.90. The largest absolute Gasteiger partial charge is 0.399 e. The van der Waals surface area contributed by atoms with E-state index in [9.17, 15) is 4.79 Å². The maximum atomic E-state index is 12.1. The zero-order valence-electron chi connectivity index (χ0n) is 12.5. The van der Waals surface area contributed by atoms with Crippen LogP contribution in [0.25, 0.3) is 0 Å². The van der Waals surface area contributed by atoms with E-state index >= 15 is 0 Å². The molecule has 0 heterocycles. The van der Waals surface area contributed by atoms with Crippen LogP contribution in [0.4, 0.5) is 11.4 Å². The molecule has 0 unspecified atom stereocenters. The van der Waals surface area contributed by atoms with Gasteiger partial charge in [-0.1, -0.05) is 30.3 Å². The number of hydrogen-bond donors (Lipinski definition) is 2. The predicted octanol–water partition coefficient (Wildman–Crippen LogP) is 2.65. The zero-order chi connectivity index (χ0) is 15.2. The van der Waals surface area contributed by atoms with E-state index in [1.54, 1.807) is 6.07 Å². The van der Waals surface area contributed by atoms with Crippen molar-refractivity contribution >= 4 is 17.3 Å². The Morgan fingerprint density at radius 1 is 1.19 bits per heavy atom. The number of rotatable bonds is 5. The summed E-state index contributed by atoms with van der Waals surface area (Å²) in [6.45, 7) is 3.02. The minimum absolute atomic E-state index is 0.0266. The van der Waals surface area contributed by atoms with Gasteiger partial charge in [0.2, 0.25) is 5.91 Å². The van der Waals surface area contributed by atoms with Crippen LogP contribution in [-0.2, 0) is 11.3 Å². The van der Waals surface area contributed by atoms with Crippen LogP contribution in [0.5, 0.6) is 0 Å². The molecular weight excluding hydrogens is 262 g/mol. The lowest BCUT2D eigenvalue weighted by Crippen LogP contribution is -2.30. The zero-order valence-corrected chi connectivity index (χ0v) is 12.5. The van der Waals surface area contributed by atoms with Crippen molar-refractivity contribution in [1.29, 1.82) is 0 Å². The molecule has 0 spiro atoms. The monoisotopic (exact) mass is 283 g/mol. The lowest BCUT2D eigenvalue weighted by Gasteiger charge is -2.17. The Morgan fingerprint density at radius 3 is 2.57 bits per heavy atom. The summed E-state index contributed by atoms with van der Waals surface area (Å²) in [4.78, 5) is 14.0. The number of aryl methyl sites for hydroxylation is 1. The summed E-state index contributed by atoms with van der Waals surface area (Å²) in [5.74, 6) is -0.0266. The molecule has 2 rings (SSSR count). The lowest BCUT2D eigenvalue weighted by atomic mass is 10.2. The number of amides is 1. The van der Waals surface area contributed by atoms with Crippen LogP contribution >= 0.6 is 0 Å². The summed E-state index contributed by atoms with van der Waals surface area (Å²) in [5, 5.41) is 2.92.